The second kappa shape index (κ2) is 9.62. The van der Waals surface area contributed by atoms with E-state index in [0.717, 1.165) is 0 Å². The summed E-state index contributed by atoms with van der Waals surface area (Å²) in [7, 11) is 0. The average molecular weight is 492 g/mol. The number of nitrogens with one attached hydrogen (secondary N) is 1. The maximum atomic E-state index is 13.7. The van der Waals surface area contributed by atoms with Crippen LogP contribution in [0.1, 0.15) is 36.8 Å². The lowest BCUT2D eigenvalue weighted by Crippen LogP contribution is -2.24. The molecule has 0 spiro atoms. The molecule has 0 aliphatic rings. The Morgan fingerprint density at radius 1 is 1.22 bits per heavy atom. The number of nitrogen functional groups attached to an aromatic ring is 1. The highest BCUT2D eigenvalue weighted by Gasteiger charge is 2.23. The Bertz CT molecular complexity index is 1590. The van der Waals surface area contributed by atoms with Crippen LogP contribution in [-0.4, -0.2) is 29.4 Å². The molecule has 0 atom stereocenters. The number of halogens is 1. The first-order chi connectivity index (χ1) is 17.1. The van der Waals surface area contributed by atoms with Crippen LogP contribution in [-0.2, 0) is 6.54 Å². The number of nitrogens with zero attached hydrogens (tertiary/aromatic N) is 5. The molecule has 186 valence electrons. The number of hydroxylamine groups is 1. The number of fused-ring (bicyclic) bond motifs is 1. The number of benzene rings is 1. The summed E-state index contributed by atoms with van der Waals surface area (Å²) < 4.78 is 21.6. The Morgan fingerprint density at radius 2 is 1.92 bits per heavy atom. The predicted octanol–water partition coefficient (Wildman–Crippen LogP) is 3.77. The van der Waals surface area contributed by atoms with Crippen molar-refractivity contribution in [2.24, 2.45) is 0 Å². The Kier molecular flexibility index (Phi) is 6.58. The number of anilines is 1. The number of aromatic nitrogens is 5. The van der Waals surface area contributed by atoms with E-state index in [1.54, 1.807) is 52.0 Å². The number of aryl methyl sites for hydroxylation is 2. The van der Waals surface area contributed by atoms with Gasteiger partial charge in [0.2, 0.25) is 5.95 Å². The van der Waals surface area contributed by atoms with Gasteiger partial charge in [-0.3, -0.25) is 10.7 Å². The molecule has 3 aromatic heterocycles. The van der Waals surface area contributed by atoms with E-state index in [1.165, 1.54) is 21.2 Å². The van der Waals surface area contributed by atoms with Gasteiger partial charge in [-0.15, -0.1) is 5.10 Å². The molecule has 0 saturated heterocycles. The smallest absolute Gasteiger partial charge is 0.353 e. The van der Waals surface area contributed by atoms with Crippen LogP contribution in [0.3, 0.4) is 0 Å². The minimum atomic E-state index is -0.516. The van der Waals surface area contributed by atoms with Gasteiger partial charge < -0.3 is 10.2 Å². The first-order valence-corrected chi connectivity index (χ1v) is 11.0. The number of hydrogen-bond donors (Lipinski definition) is 3. The normalized spacial score (nSPS) is 12.4. The minimum Gasteiger partial charge on any atom is -0.446 e. The monoisotopic (exact) mass is 491 g/mol. The van der Waals surface area contributed by atoms with Gasteiger partial charge in [0.05, 0.1) is 17.8 Å². The van der Waals surface area contributed by atoms with Gasteiger partial charge in [0, 0.05) is 18.2 Å². The quantitative estimate of drug-likeness (QED) is 0.262. The maximum Gasteiger partial charge on any atom is 0.353 e. The highest BCUT2D eigenvalue weighted by molar-refractivity contribution is 5.92. The van der Waals surface area contributed by atoms with Gasteiger partial charge in [-0.25, -0.2) is 28.2 Å². The van der Waals surface area contributed by atoms with Crippen LogP contribution >= 0.6 is 0 Å². The molecule has 0 unspecified atom stereocenters. The van der Waals surface area contributed by atoms with Crippen LogP contribution in [0.15, 0.2) is 63.5 Å². The molecule has 0 aliphatic carbocycles. The highest BCUT2D eigenvalue weighted by Crippen LogP contribution is 2.33. The summed E-state index contributed by atoms with van der Waals surface area (Å²) in [5.41, 5.74) is 11.6. The lowest BCUT2D eigenvalue weighted by molar-refractivity contribution is 0.201. The van der Waals surface area contributed by atoms with Crippen LogP contribution in [0.4, 0.5) is 10.3 Å². The number of allylic oxidation sites excluding steroid dienone is 5. The summed E-state index contributed by atoms with van der Waals surface area (Å²) >= 11 is 0. The van der Waals surface area contributed by atoms with Crippen LogP contribution in [0, 0.1) is 19.7 Å². The summed E-state index contributed by atoms with van der Waals surface area (Å²) in [6.07, 6.45) is 3.42. The second-order valence-corrected chi connectivity index (χ2v) is 8.42. The van der Waals surface area contributed by atoms with Gasteiger partial charge in [-0.2, -0.15) is 0 Å². The van der Waals surface area contributed by atoms with Gasteiger partial charge in [-0.1, -0.05) is 18.2 Å². The molecule has 4 aromatic rings. The van der Waals surface area contributed by atoms with E-state index in [2.05, 4.69) is 27.1 Å². The van der Waals surface area contributed by atoms with Crippen molar-refractivity contribution in [3.05, 3.63) is 93.5 Å². The Hall–Kier alpha value is -4.51. The van der Waals surface area contributed by atoms with Gasteiger partial charge in [-0.05, 0) is 56.7 Å². The Morgan fingerprint density at radius 3 is 2.50 bits per heavy atom. The van der Waals surface area contributed by atoms with E-state index in [4.69, 9.17) is 10.2 Å². The van der Waals surface area contributed by atoms with Crippen molar-refractivity contribution in [3.63, 3.8) is 0 Å². The molecule has 3 heterocycles. The van der Waals surface area contributed by atoms with E-state index < -0.39 is 11.5 Å². The SMILES string of the molecule is C=C(C)/C=C(\C=C(\C)NO)c1c(-c2ccc(F)cc2)nc(N)n2c(=O)n(Cc3nc(C)oc3C)nc12. The van der Waals surface area contributed by atoms with E-state index in [-0.39, 0.29) is 18.1 Å². The fraction of sp³-hybridized carbons (Fsp3) is 0.200. The maximum absolute atomic E-state index is 13.7. The Labute approximate surface area is 205 Å². The van der Waals surface area contributed by atoms with Crippen molar-refractivity contribution in [2.75, 3.05) is 5.73 Å². The number of rotatable bonds is 7. The number of nitrogens with two attached hydrogens (primary N) is 1. The first-order valence-electron chi connectivity index (χ1n) is 11.0. The van der Waals surface area contributed by atoms with Gasteiger partial charge >= 0.3 is 5.69 Å². The second-order valence-electron chi connectivity index (χ2n) is 8.42. The molecule has 1 aromatic carbocycles. The van der Waals surface area contributed by atoms with Crippen molar-refractivity contribution >= 4 is 17.2 Å². The summed E-state index contributed by atoms with van der Waals surface area (Å²) in [5.74, 6) is 0.549. The molecular formula is C25H26FN7O3. The lowest BCUT2D eigenvalue weighted by atomic mass is 9.97. The molecule has 0 saturated carbocycles. The molecule has 0 amide bonds. The molecule has 10 nitrogen and oxygen atoms in total. The lowest BCUT2D eigenvalue weighted by Gasteiger charge is -2.14. The highest BCUT2D eigenvalue weighted by atomic mass is 19.1. The van der Waals surface area contributed by atoms with Gasteiger partial charge in [0.1, 0.15) is 17.3 Å². The third kappa shape index (κ3) is 4.68. The van der Waals surface area contributed by atoms with Gasteiger partial charge in [0.25, 0.3) is 0 Å². The molecule has 0 bridgehead atoms. The molecule has 0 fully saturated rings. The van der Waals surface area contributed by atoms with Crippen LogP contribution in [0.25, 0.3) is 22.5 Å². The number of oxazole rings is 1. The minimum absolute atomic E-state index is 0.0566. The summed E-state index contributed by atoms with van der Waals surface area (Å²) in [6, 6.07) is 5.74. The Balaban J connectivity index is 2.08. The van der Waals surface area contributed by atoms with Crippen LogP contribution < -0.4 is 16.9 Å². The molecule has 4 rings (SSSR count). The van der Waals surface area contributed by atoms with Crippen LogP contribution in [0.5, 0.6) is 0 Å². The third-order valence-corrected chi connectivity index (χ3v) is 5.41. The molecule has 0 aliphatic heterocycles. The molecular weight excluding hydrogens is 465 g/mol. The zero-order valence-electron chi connectivity index (χ0n) is 20.3. The standard InChI is InChI=1S/C25H26FN7O3/c1-13(2)10-18(11-14(3)31-35)21-22(17-6-8-19(26)9-7-17)29-24(27)33-23(21)30-32(25(33)34)12-20-15(4)36-16(5)28-20/h6-11,31,35H,1,12H2,2-5H3,(H2,27,29)/b14-11-,18-10+. The van der Waals surface area contributed by atoms with Crippen molar-refractivity contribution in [1.82, 2.24) is 29.6 Å². The summed E-state index contributed by atoms with van der Waals surface area (Å²) in [6.45, 7) is 11.0. The van der Waals surface area contributed by atoms with E-state index >= 15 is 0 Å². The van der Waals surface area contributed by atoms with Gasteiger partial charge in [0.15, 0.2) is 11.5 Å². The van der Waals surface area contributed by atoms with Crippen molar-refractivity contribution < 1.29 is 14.0 Å². The average Bonchev–Trinajstić information content (AvgIpc) is 3.31. The van der Waals surface area contributed by atoms with E-state index in [1.807, 2.05) is 0 Å². The molecule has 36 heavy (non-hydrogen) atoms. The first kappa shape index (κ1) is 24.6. The van der Waals surface area contributed by atoms with E-state index in [9.17, 15) is 14.4 Å². The van der Waals surface area contributed by atoms with Crippen molar-refractivity contribution in [3.8, 4) is 11.3 Å². The topological polar surface area (TPSA) is 136 Å². The van der Waals surface area contributed by atoms with Crippen molar-refractivity contribution in [1.29, 1.82) is 0 Å². The summed E-state index contributed by atoms with van der Waals surface area (Å²) in [4.78, 5) is 22.2. The molecule has 11 heteroatoms. The van der Waals surface area contributed by atoms with Crippen LogP contribution in [0.2, 0.25) is 0 Å². The summed E-state index contributed by atoms with van der Waals surface area (Å²) in [5, 5.41) is 14.0. The zero-order valence-corrected chi connectivity index (χ0v) is 20.3. The largest absolute Gasteiger partial charge is 0.446 e. The number of hydrogen-bond acceptors (Lipinski definition) is 8. The van der Waals surface area contributed by atoms with Crippen molar-refractivity contribution in [2.45, 2.75) is 34.2 Å². The fourth-order valence-electron chi connectivity index (χ4n) is 3.87. The third-order valence-electron chi connectivity index (χ3n) is 5.41. The van der Waals surface area contributed by atoms with E-state index in [0.29, 0.717) is 51.0 Å². The molecule has 4 N–H and O–H groups in total. The molecule has 0 radical (unpaired) electrons. The predicted molar refractivity (Wildman–Crippen MR) is 134 cm³/mol. The fourth-order valence-corrected chi connectivity index (χ4v) is 3.87. The zero-order chi connectivity index (χ0) is 26.1.